The van der Waals surface area contributed by atoms with Gasteiger partial charge in [-0.15, -0.1) is 0 Å². The number of hydrogen-bond acceptors (Lipinski definition) is 2. The number of carbonyl (C=O) groups is 1. The molecule has 0 aliphatic rings. The molecule has 0 aliphatic heterocycles. The number of hydrogen-bond donors (Lipinski definition) is 1. The van der Waals surface area contributed by atoms with Crippen LogP contribution in [0.15, 0.2) is 12.2 Å². The van der Waals surface area contributed by atoms with E-state index in [9.17, 15) is 4.79 Å². The van der Waals surface area contributed by atoms with Crippen molar-refractivity contribution in [1.29, 1.82) is 0 Å². The molecule has 0 fully saturated rings. The summed E-state index contributed by atoms with van der Waals surface area (Å²) in [6.45, 7) is 0.893. The van der Waals surface area contributed by atoms with Gasteiger partial charge >= 0.3 is 5.97 Å². The van der Waals surface area contributed by atoms with Crippen molar-refractivity contribution < 1.29 is 9.90 Å². The third-order valence-electron chi connectivity index (χ3n) is 1.00. The maximum absolute atomic E-state index is 9.94. The van der Waals surface area contributed by atoms with Gasteiger partial charge in [-0.25, -0.2) is 4.79 Å². The number of rotatable bonds is 4. The molecule has 0 heterocycles. The zero-order chi connectivity index (χ0) is 7.98. The first-order valence-electron chi connectivity index (χ1n) is 3.17. The van der Waals surface area contributed by atoms with Gasteiger partial charge in [-0.05, 0) is 20.5 Å². The Hall–Kier alpha value is -0.830. The third kappa shape index (κ3) is 7.17. The summed E-state index contributed by atoms with van der Waals surface area (Å²) in [5.41, 5.74) is 0. The van der Waals surface area contributed by atoms with Gasteiger partial charge in [0.05, 0.1) is 0 Å². The van der Waals surface area contributed by atoms with Gasteiger partial charge in [-0.1, -0.05) is 6.08 Å². The van der Waals surface area contributed by atoms with Crippen LogP contribution in [0.3, 0.4) is 0 Å². The van der Waals surface area contributed by atoms with Gasteiger partial charge in [0, 0.05) is 12.6 Å². The molecule has 0 aromatic heterocycles. The Morgan fingerprint density at radius 2 is 2.20 bits per heavy atom. The second-order valence-corrected chi connectivity index (χ2v) is 2.33. The van der Waals surface area contributed by atoms with Crippen LogP contribution in [0.2, 0.25) is 0 Å². The summed E-state index contributed by atoms with van der Waals surface area (Å²) in [5, 5.41) is 8.18. The summed E-state index contributed by atoms with van der Waals surface area (Å²) in [4.78, 5) is 11.9. The van der Waals surface area contributed by atoms with Crippen molar-refractivity contribution in [3.8, 4) is 0 Å². The molecule has 0 bridgehead atoms. The van der Waals surface area contributed by atoms with E-state index in [1.807, 2.05) is 19.0 Å². The topological polar surface area (TPSA) is 40.5 Å². The standard InChI is InChI=1S/C7H13NO2/c1-8(2)6-4-3-5-7(9)10/h3,5H,4,6H2,1-2H3,(H,9,10). The zero-order valence-corrected chi connectivity index (χ0v) is 6.37. The molecule has 58 valence electrons. The monoisotopic (exact) mass is 143 g/mol. The van der Waals surface area contributed by atoms with Crippen molar-refractivity contribution in [1.82, 2.24) is 4.90 Å². The van der Waals surface area contributed by atoms with Crippen LogP contribution in [0.25, 0.3) is 0 Å². The van der Waals surface area contributed by atoms with E-state index >= 15 is 0 Å². The number of nitrogens with zero attached hydrogens (tertiary/aromatic N) is 1. The molecule has 3 nitrogen and oxygen atoms in total. The first-order valence-corrected chi connectivity index (χ1v) is 3.17. The van der Waals surface area contributed by atoms with E-state index in [4.69, 9.17) is 5.11 Å². The smallest absolute Gasteiger partial charge is 0.327 e. The largest absolute Gasteiger partial charge is 0.478 e. The highest BCUT2D eigenvalue weighted by Gasteiger charge is 1.87. The van der Waals surface area contributed by atoms with Crippen molar-refractivity contribution in [2.75, 3.05) is 20.6 Å². The van der Waals surface area contributed by atoms with Crippen molar-refractivity contribution in [3.05, 3.63) is 12.2 Å². The lowest BCUT2D eigenvalue weighted by molar-refractivity contribution is -0.131. The molecule has 0 atom stereocenters. The van der Waals surface area contributed by atoms with Gasteiger partial charge in [0.15, 0.2) is 0 Å². The molecule has 3 heteroatoms. The van der Waals surface area contributed by atoms with Crippen LogP contribution < -0.4 is 0 Å². The van der Waals surface area contributed by atoms with Gasteiger partial charge in [-0.3, -0.25) is 0 Å². The van der Waals surface area contributed by atoms with E-state index in [0.29, 0.717) is 0 Å². The molecule has 0 saturated heterocycles. The van der Waals surface area contributed by atoms with E-state index in [0.717, 1.165) is 13.0 Å². The molecule has 0 aliphatic carbocycles. The molecular weight excluding hydrogens is 130 g/mol. The van der Waals surface area contributed by atoms with E-state index < -0.39 is 5.97 Å². The van der Waals surface area contributed by atoms with E-state index in [1.54, 1.807) is 6.08 Å². The van der Waals surface area contributed by atoms with Gasteiger partial charge in [0.1, 0.15) is 0 Å². The van der Waals surface area contributed by atoms with Crippen LogP contribution in [0.1, 0.15) is 6.42 Å². The minimum Gasteiger partial charge on any atom is -0.478 e. The molecule has 0 radical (unpaired) electrons. The van der Waals surface area contributed by atoms with Crippen molar-refractivity contribution in [2.45, 2.75) is 6.42 Å². The van der Waals surface area contributed by atoms with E-state index in [2.05, 4.69) is 0 Å². The van der Waals surface area contributed by atoms with Crippen LogP contribution >= 0.6 is 0 Å². The summed E-state index contributed by atoms with van der Waals surface area (Å²) in [7, 11) is 3.91. The lowest BCUT2D eigenvalue weighted by Crippen LogP contribution is -2.11. The van der Waals surface area contributed by atoms with Crippen LogP contribution in [-0.2, 0) is 4.79 Å². The van der Waals surface area contributed by atoms with Crippen LogP contribution in [0.4, 0.5) is 0 Å². The zero-order valence-electron chi connectivity index (χ0n) is 6.37. The van der Waals surface area contributed by atoms with Crippen molar-refractivity contribution >= 4 is 5.97 Å². The van der Waals surface area contributed by atoms with Crippen LogP contribution in [0.5, 0.6) is 0 Å². The number of carboxylic acid groups (broad SMARTS) is 1. The minimum atomic E-state index is -0.876. The lowest BCUT2D eigenvalue weighted by Gasteiger charge is -2.04. The first-order chi connectivity index (χ1) is 4.63. The summed E-state index contributed by atoms with van der Waals surface area (Å²) < 4.78 is 0. The number of aliphatic carboxylic acids is 1. The Morgan fingerprint density at radius 3 is 2.60 bits per heavy atom. The highest BCUT2D eigenvalue weighted by Crippen LogP contribution is 1.84. The SMILES string of the molecule is CN(C)CCC=CC(=O)O. The molecule has 0 aromatic carbocycles. The summed E-state index contributed by atoms with van der Waals surface area (Å²) in [5.74, 6) is -0.876. The average Bonchev–Trinajstić information content (AvgIpc) is 1.79. The van der Waals surface area contributed by atoms with E-state index in [1.165, 1.54) is 6.08 Å². The molecule has 0 amide bonds. The quantitative estimate of drug-likeness (QED) is 0.585. The fourth-order valence-electron chi connectivity index (χ4n) is 0.517. The molecule has 0 aromatic rings. The highest BCUT2D eigenvalue weighted by molar-refractivity contribution is 5.79. The predicted molar refractivity (Wildman–Crippen MR) is 39.9 cm³/mol. The Kier molecular flexibility index (Phi) is 4.58. The van der Waals surface area contributed by atoms with Crippen molar-refractivity contribution in [3.63, 3.8) is 0 Å². The predicted octanol–water partition coefficient (Wildman–Crippen LogP) is 0.579. The summed E-state index contributed by atoms with van der Waals surface area (Å²) in [6.07, 6.45) is 3.62. The normalized spacial score (nSPS) is 11.1. The molecular formula is C7H13NO2. The molecule has 0 spiro atoms. The molecule has 10 heavy (non-hydrogen) atoms. The molecule has 0 saturated carbocycles. The van der Waals surface area contributed by atoms with Crippen LogP contribution in [-0.4, -0.2) is 36.6 Å². The minimum absolute atomic E-state index is 0.791. The Balaban J connectivity index is 3.27. The number of carboxylic acids is 1. The third-order valence-corrected chi connectivity index (χ3v) is 1.00. The maximum Gasteiger partial charge on any atom is 0.327 e. The fourth-order valence-corrected chi connectivity index (χ4v) is 0.517. The van der Waals surface area contributed by atoms with Crippen molar-refractivity contribution in [2.24, 2.45) is 0 Å². The molecule has 0 rings (SSSR count). The Morgan fingerprint density at radius 1 is 1.60 bits per heavy atom. The maximum atomic E-state index is 9.94. The molecule has 1 N–H and O–H groups in total. The summed E-state index contributed by atoms with van der Waals surface area (Å²) >= 11 is 0. The first kappa shape index (κ1) is 9.17. The van der Waals surface area contributed by atoms with Gasteiger partial charge in [0.2, 0.25) is 0 Å². The van der Waals surface area contributed by atoms with Gasteiger partial charge in [-0.2, -0.15) is 0 Å². The van der Waals surface area contributed by atoms with Gasteiger partial charge < -0.3 is 10.0 Å². The molecule has 0 unspecified atom stereocenters. The van der Waals surface area contributed by atoms with E-state index in [-0.39, 0.29) is 0 Å². The average molecular weight is 143 g/mol. The second-order valence-electron chi connectivity index (χ2n) is 2.33. The summed E-state index contributed by atoms with van der Waals surface area (Å²) in [6, 6.07) is 0. The lowest BCUT2D eigenvalue weighted by atomic mass is 10.3. The van der Waals surface area contributed by atoms with Crippen LogP contribution in [0, 0.1) is 0 Å². The Bertz CT molecular complexity index is 130. The second kappa shape index (κ2) is 4.99. The highest BCUT2D eigenvalue weighted by atomic mass is 16.4. The fraction of sp³-hybridized carbons (Fsp3) is 0.571. The van der Waals surface area contributed by atoms with Gasteiger partial charge in [0.25, 0.3) is 0 Å². The Labute approximate surface area is 61.0 Å².